The lowest BCUT2D eigenvalue weighted by atomic mass is 10.1. The summed E-state index contributed by atoms with van der Waals surface area (Å²) in [6, 6.07) is 10.5. The van der Waals surface area contributed by atoms with Gasteiger partial charge in [0.2, 0.25) is 0 Å². The molecule has 2 amide bonds. The Hall–Kier alpha value is -3.55. The van der Waals surface area contributed by atoms with E-state index in [1.165, 1.54) is 12.1 Å². The molecule has 2 N–H and O–H groups in total. The highest BCUT2D eigenvalue weighted by Crippen LogP contribution is 2.27. The number of nitrogens with one attached hydrogen (secondary N) is 2. The standard InChI is InChI=1S/C21H23FN4O3/c1-26-10-9-23-20(26)19(15-5-4-6-16(22)12-15)25-21(27)24-13-14-7-8-17(28-2)18(11-14)29-3/h4-12,19H,13H2,1-3H3,(H2,24,25,27)/t19-/m1/s1. The van der Waals surface area contributed by atoms with Crippen LogP contribution in [0.3, 0.4) is 0 Å². The third-order valence-electron chi connectivity index (χ3n) is 4.48. The number of urea groups is 1. The van der Waals surface area contributed by atoms with Crippen LogP contribution in [-0.4, -0.2) is 29.8 Å². The Bertz CT molecular complexity index is 990. The van der Waals surface area contributed by atoms with Crippen molar-refractivity contribution in [3.05, 3.63) is 77.6 Å². The summed E-state index contributed by atoms with van der Waals surface area (Å²) in [5.41, 5.74) is 1.44. The second kappa shape index (κ2) is 9.09. The Morgan fingerprint density at radius 1 is 1.17 bits per heavy atom. The molecule has 0 aliphatic rings. The van der Waals surface area contributed by atoms with E-state index in [0.717, 1.165) is 5.56 Å². The number of aryl methyl sites for hydroxylation is 1. The number of nitrogens with zero attached hydrogens (tertiary/aromatic N) is 2. The third kappa shape index (κ3) is 4.84. The van der Waals surface area contributed by atoms with E-state index in [4.69, 9.17) is 9.47 Å². The number of carbonyl (C=O) groups excluding carboxylic acids is 1. The van der Waals surface area contributed by atoms with Crippen LogP contribution in [0.2, 0.25) is 0 Å². The molecule has 7 nitrogen and oxygen atoms in total. The SMILES string of the molecule is COc1ccc(CNC(=O)N[C@H](c2cccc(F)c2)c2nccn2C)cc1OC. The normalized spacial score (nSPS) is 11.6. The van der Waals surface area contributed by atoms with Crippen molar-refractivity contribution >= 4 is 6.03 Å². The summed E-state index contributed by atoms with van der Waals surface area (Å²) in [7, 11) is 4.93. The predicted octanol–water partition coefficient (Wildman–Crippen LogP) is 3.17. The van der Waals surface area contributed by atoms with Gasteiger partial charge in [0.25, 0.3) is 0 Å². The molecule has 0 unspecified atom stereocenters. The molecule has 0 saturated carbocycles. The highest BCUT2D eigenvalue weighted by atomic mass is 19.1. The highest BCUT2D eigenvalue weighted by molar-refractivity contribution is 5.75. The predicted molar refractivity (Wildman–Crippen MR) is 106 cm³/mol. The fourth-order valence-electron chi connectivity index (χ4n) is 2.99. The van der Waals surface area contributed by atoms with Crippen LogP contribution < -0.4 is 20.1 Å². The highest BCUT2D eigenvalue weighted by Gasteiger charge is 2.21. The lowest BCUT2D eigenvalue weighted by molar-refractivity contribution is 0.237. The van der Waals surface area contributed by atoms with Gasteiger partial charge >= 0.3 is 6.03 Å². The fourth-order valence-corrected chi connectivity index (χ4v) is 2.99. The Morgan fingerprint density at radius 2 is 1.97 bits per heavy atom. The molecule has 8 heteroatoms. The summed E-state index contributed by atoms with van der Waals surface area (Å²) in [4.78, 5) is 16.9. The Labute approximate surface area is 168 Å². The van der Waals surface area contributed by atoms with Gasteiger partial charge in [-0.1, -0.05) is 18.2 Å². The molecular weight excluding hydrogens is 375 g/mol. The van der Waals surface area contributed by atoms with Crippen molar-refractivity contribution in [2.24, 2.45) is 7.05 Å². The molecule has 3 aromatic rings. The summed E-state index contributed by atoms with van der Waals surface area (Å²) >= 11 is 0. The largest absolute Gasteiger partial charge is 0.493 e. The molecule has 0 aliphatic heterocycles. The molecular formula is C21H23FN4O3. The zero-order valence-corrected chi connectivity index (χ0v) is 16.5. The minimum absolute atomic E-state index is 0.280. The smallest absolute Gasteiger partial charge is 0.315 e. The topological polar surface area (TPSA) is 77.4 Å². The van der Waals surface area contributed by atoms with E-state index in [0.29, 0.717) is 22.9 Å². The molecule has 1 atom stereocenters. The van der Waals surface area contributed by atoms with Gasteiger partial charge in [-0.05, 0) is 35.4 Å². The molecule has 29 heavy (non-hydrogen) atoms. The second-order valence-electron chi connectivity index (χ2n) is 6.40. The second-order valence-corrected chi connectivity index (χ2v) is 6.40. The Balaban J connectivity index is 1.73. The van der Waals surface area contributed by atoms with Gasteiger partial charge in [0.1, 0.15) is 17.7 Å². The summed E-state index contributed by atoms with van der Waals surface area (Å²) in [5, 5.41) is 5.68. The number of ether oxygens (including phenoxy) is 2. The van der Waals surface area contributed by atoms with Gasteiger partial charge in [-0.25, -0.2) is 14.2 Å². The Kier molecular flexibility index (Phi) is 6.33. The van der Waals surface area contributed by atoms with Crippen molar-refractivity contribution in [2.75, 3.05) is 14.2 Å². The van der Waals surface area contributed by atoms with Gasteiger partial charge in [0.15, 0.2) is 11.5 Å². The number of amides is 2. The van der Waals surface area contributed by atoms with Crippen LogP contribution in [0.5, 0.6) is 11.5 Å². The molecule has 1 aromatic heterocycles. The van der Waals surface area contributed by atoms with Gasteiger partial charge in [0.05, 0.1) is 14.2 Å². The van der Waals surface area contributed by atoms with Crippen LogP contribution >= 0.6 is 0 Å². The number of methoxy groups -OCH3 is 2. The van der Waals surface area contributed by atoms with E-state index in [1.54, 1.807) is 55.4 Å². The number of hydrogen-bond acceptors (Lipinski definition) is 4. The van der Waals surface area contributed by atoms with E-state index < -0.39 is 12.1 Å². The summed E-state index contributed by atoms with van der Waals surface area (Å²) in [6.07, 6.45) is 3.40. The fraction of sp³-hybridized carbons (Fsp3) is 0.238. The van der Waals surface area contributed by atoms with Crippen LogP contribution in [0.4, 0.5) is 9.18 Å². The van der Waals surface area contributed by atoms with Crippen LogP contribution in [-0.2, 0) is 13.6 Å². The lowest BCUT2D eigenvalue weighted by Gasteiger charge is -2.20. The third-order valence-corrected chi connectivity index (χ3v) is 4.48. The first kappa shape index (κ1) is 20.2. The Morgan fingerprint density at radius 3 is 2.62 bits per heavy atom. The van der Waals surface area contributed by atoms with Crippen molar-refractivity contribution < 1.29 is 18.7 Å². The van der Waals surface area contributed by atoms with Crippen molar-refractivity contribution in [1.29, 1.82) is 0 Å². The minimum Gasteiger partial charge on any atom is -0.493 e. The van der Waals surface area contributed by atoms with Gasteiger partial charge in [-0.15, -0.1) is 0 Å². The first-order chi connectivity index (χ1) is 14.0. The average molecular weight is 398 g/mol. The summed E-state index contributed by atoms with van der Waals surface area (Å²) in [6.45, 7) is 0.280. The first-order valence-corrected chi connectivity index (χ1v) is 8.99. The number of rotatable bonds is 7. The van der Waals surface area contributed by atoms with Gasteiger partial charge < -0.3 is 24.7 Å². The molecule has 152 valence electrons. The van der Waals surface area contributed by atoms with Gasteiger partial charge in [-0.3, -0.25) is 0 Å². The zero-order chi connectivity index (χ0) is 20.8. The summed E-state index contributed by atoms with van der Waals surface area (Å²) < 4.78 is 26.0. The quantitative estimate of drug-likeness (QED) is 0.641. The maximum Gasteiger partial charge on any atom is 0.315 e. The minimum atomic E-state index is -0.601. The van der Waals surface area contributed by atoms with E-state index in [-0.39, 0.29) is 12.4 Å². The number of benzene rings is 2. The summed E-state index contributed by atoms with van der Waals surface area (Å²) in [5.74, 6) is 1.41. The zero-order valence-electron chi connectivity index (χ0n) is 16.5. The maximum atomic E-state index is 13.7. The van der Waals surface area contributed by atoms with E-state index in [2.05, 4.69) is 15.6 Å². The van der Waals surface area contributed by atoms with Crippen LogP contribution in [0.1, 0.15) is 23.0 Å². The molecule has 3 rings (SSSR count). The molecule has 0 saturated heterocycles. The van der Waals surface area contributed by atoms with E-state index >= 15 is 0 Å². The van der Waals surface area contributed by atoms with Gasteiger partial charge in [-0.2, -0.15) is 0 Å². The van der Waals surface area contributed by atoms with Crippen molar-refractivity contribution in [2.45, 2.75) is 12.6 Å². The molecule has 0 spiro atoms. The monoisotopic (exact) mass is 398 g/mol. The van der Waals surface area contributed by atoms with E-state index in [9.17, 15) is 9.18 Å². The molecule has 0 fully saturated rings. The molecule has 0 radical (unpaired) electrons. The lowest BCUT2D eigenvalue weighted by Crippen LogP contribution is -2.39. The van der Waals surface area contributed by atoms with Crippen molar-refractivity contribution in [1.82, 2.24) is 20.2 Å². The number of hydrogen-bond donors (Lipinski definition) is 2. The maximum absolute atomic E-state index is 13.7. The van der Waals surface area contributed by atoms with E-state index in [1.807, 2.05) is 13.1 Å². The van der Waals surface area contributed by atoms with Crippen LogP contribution in [0, 0.1) is 5.82 Å². The first-order valence-electron chi connectivity index (χ1n) is 8.99. The molecule has 2 aromatic carbocycles. The van der Waals surface area contributed by atoms with Crippen LogP contribution in [0.15, 0.2) is 54.9 Å². The molecule has 0 bridgehead atoms. The number of carbonyl (C=O) groups is 1. The van der Waals surface area contributed by atoms with Crippen molar-refractivity contribution in [3.63, 3.8) is 0 Å². The van der Waals surface area contributed by atoms with Crippen molar-refractivity contribution in [3.8, 4) is 11.5 Å². The average Bonchev–Trinajstić information content (AvgIpc) is 3.15. The number of imidazole rings is 1. The number of halogens is 1. The molecule has 1 heterocycles. The molecule has 0 aliphatic carbocycles. The number of aromatic nitrogens is 2. The van der Waals surface area contributed by atoms with Gasteiger partial charge in [0, 0.05) is 26.0 Å². The van der Waals surface area contributed by atoms with Crippen LogP contribution in [0.25, 0.3) is 0 Å².